The van der Waals surface area contributed by atoms with E-state index in [4.69, 9.17) is 0 Å². The number of piperidine rings is 1. The van der Waals surface area contributed by atoms with Crippen molar-refractivity contribution in [2.45, 2.75) is 32.0 Å². The van der Waals surface area contributed by atoms with E-state index in [0.29, 0.717) is 12.3 Å². The predicted molar refractivity (Wildman–Crippen MR) is 74.2 cm³/mol. The minimum absolute atomic E-state index is 0.196. The fourth-order valence-electron chi connectivity index (χ4n) is 2.28. The van der Waals surface area contributed by atoms with Gasteiger partial charge in [0.25, 0.3) is 0 Å². The molecular weight excluding hydrogens is 299 g/mol. The molecule has 1 fully saturated rings. The first-order valence-corrected chi connectivity index (χ1v) is 7.05. The molecule has 2 N–H and O–H groups in total. The van der Waals surface area contributed by atoms with E-state index in [-0.39, 0.29) is 11.6 Å². The molecule has 1 aromatic rings. The van der Waals surface area contributed by atoms with Crippen LogP contribution in [-0.4, -0.2) is 41.2 Å². The molecule has 22 heavy (non-hydrogen) atoms. The van der Waals surface area contributed by atoms with Gasteiger partial charge in [0, 0.05) is 12.6 Å². The monoisotopic (exact) mass is 317 g/mol. The maximum Gasteiger partial charge on any atom is 0.408 e. The highest BCUT2D eigenvalue weighted by atomic mass is 19.4. The lowest BCUT2D eigenvalue weighted by molar-refractivity contribution is -0.142. The molecule has 0 spiro atoms. The third-order valence-corrected chi connectivity index (χ3v) is 3.32. The molecule has 9 heteroatoms. The first kappa shape index (κ1) is 16.5. The molecule has 2 rings (SSSR count). The SMILES string of the molecule is O=C(CC1CCNCC1)N/N=C\c1ccn(CC(F)(F)F)n1. The molecule has 0 bridgehead atoms. The van der Waals surface area contributed by atoms with Crippen LogP contribution < -0.4 is 10.7 Å². The molecule has 0 unspecified atom stereocenters. The Labute approximate surface area is 125 Å². The largest absolute Gasteiger partial charge is 0.408 e. The minimum Gasteiger partial charge on any atom is -0.317 e. The van der Waals surface area contributed by atoms with E-state index in [1.807, 2.05) is 0 Å². The van der Waals surface area contributed by atoms with Crippen LogP contribution in [0.5, 0.6) is 0 Å². The molecule has 2 heterocycles. The highest BCUT2D eigenvalue weighted by Crippen LogP contribution is 2.17. The van der Waals surface area contributed by atoms with Crippen LogP contribution in [0.4, 0.5) is 13.2 Å². The zero-order valence-electron chi connectivity index (χ0n) is 11.9. The summed E-state index contributed by atoms with van der Waals surface area (Å²) in [5, 5.41) is 10.6. The van der Waals surface area contributed by atoms with E-state index in [2.05, 4.69) is 20.9 Å². The Morgan fingerprint density at radius 2 is 2.23 bits per heavy atom. The fourth-order valence-corrected chi connectivity index (χ4v) is 2.28. The van der Waals surface area contributed by atoms with Crippen molar-refractivity contribution < 1.29 is 18.0 Å². The predicted octanol–water partition coefficient (Wildman–Crippen LogP) is 1.29. The van der Waals surface area contributed by atoms with Crippen molar-refractivity contribution in [3.8, 4) is 0 Å². The zero-order valence-corrected chi connectivity index (χ0v) is 11.9. The lowest BCUT2D eigenvalue weighted by atomic mass is 9.94. The van der Waals surface area contributed by atoms with E-state index < -0.39 is 12.7 Å². The van der Waals surface area contributed by atoms with Gasteiger partial charge >= 0.3 is 6.18 Å². The number of carbonyl (C=O) groups excluding carboxylic acids is 1. The van der Waals surface area contributed by atoms with Gasteiger partial charge in [0.05, 0.1) is 6.21 Å². The van der Waals surface area contributed by atoms with Gasteiger partial charge in [-0.2, -0.15) is 23.4 Å². The topological polar surface area (TPSA) is 71.3 Å². The number of hydrazone groups is 1. The second-order valence-corrected chi connectivity index (χ2v) is 5.24. The Kier molecular flexibility index (Phi) is 5.53. The van der Waals surface area contributed by atoms with Crippen molar-refractivity contribution in [2.24, 2.45) is 11.0 Å². The quantitative estimate of drug-likeness (QED) is 0.635. The molecule has 1 saturated heterocycles. The Bertz CT molecular complexity index is 520. The molecular formula is C13H18F3N5O. The Morgan fingerprint density at radius 1 is 1.50 bits per heavy atom. The number of halogens is 3. The molecule has 1 aliphatic heterocycles. The van der Waals surface area contributed by atoms with E-state index >= 15 is 0 Å². The zero-order chi connectivity index (χ0) is 16.0. The van der Waals surface area contributed by atoms with Gasteiger partial charge in [0.1, 0.15) is 12.2 Å². The molecule has 0 aromatic carbocycles. The molecule has 0 radical (unpaired) electrons. The highest BCUT2D eigenvalue weighted by Gasteiger charge is 2.28. The summed E-state index contributed by atoms with van der Waals surface area (Å²) in [6, 6.07) is 1.40. The van der Waals surface area contributed by atoms with Crippen LogP contribution in [0.2, 0.25) is 0 Å². The smallest absolute Gasteiger partial charge is 0.317 e. The number of carbonyl (C=O) groups is 1. The van der Waals surface area contributed by atoms with Crippen LogP contribution >= 0.6 is 0 Å². The van der Waals surface area contributed by atoms with E-state index in [0.717, 1.165) is 30.6 Å². The standard InChI is InChI=1S/C13H18F3N5O/c14-13(15,16)9-21-6-3-11(20-21)8-18-19-12(22)7-10-1-4-17-5-2-10/h3,6,8,10,17H,1-2,4-5,7,9H2,(H,19,22)/b18-8-. The minimum atomic E-state index is -4.32. The summed E-state index contributed by atoms with van der Waals surface area (Å²) < 4.78 is 37.3. The number of amides is 1. The summed E-state index contributed by atoms with van der Waals surface area (Å²) in [6.45, 7) is 0.679. The van der Waals surface area contributed by atoms with Crippen LogP contribution in [-0.2, 0) is 11.3 Å². The van der Waals surface area contributed by atoms with Crippen molar-refractivity contribution in [1.29, 1.82) is 0 Å². The lowest BCUT2D eigenvalue weighted by Crippen LogP contribution is -2.31. The maximum atomic E-state index is 12.2. The van der Waals surface area contributed by atoms with Gasteiger partial charge in [-0.1, -0.05) is 0 Å². The number of aromatic nitrogens is 2. The fraction of sp³-hybridized carbons (Fsp3) is 0.615. The summed E-state index contributed by atoms with van der Waals surface area (Å²) in [4.78, 5) is 11.7. The lowest BCUT2D eigenvalue weighted by Gasteiger charge is -2.21. The number of nitrogens with one attached hydrogen (secondary N) is 2. The first-order valence-electron chi connectivity index (χ1n) is 7.05. The Morgan fingerprint density at radius 3 is 2.91 bits per heavy atom. The normalized spacial score (nSPS) is 17.0. The van der Waals surface area contributed by atoms with Crippen molar-refractivity contribution in [3.63, 3.8) is 0 Å². The van der Waals surface area contributed by atoms with E-state index in [1.54, 1.807) is 0 Å². The molecule has 6 nitrogen and oxygen atoms in total. The van der Waals surface area contributed by atoms with Crippen LogP contribution in [0.15, 0.2) is 17.4 Å². The van der Waals surface area contributed by atoms with Crippen molar-refractivity contribution in [1.82, 2.24) is 20.5 Å². The average molecular weight is 317 g/mol. The Balaban J connectivity index is 1.76. The summed E-state index contributed by atoms with van der Waals surface area (Å²) in [5.74, 6) is 0.153. The van der Waals surface area contributed by atoms with Crippen LogP contribution in [0.1, 0.15) is 25.0 Å². The first-order chi connectivity index (χ1) is 10.4. The van der Waals surface area contributed by atoms with Crippen LogP contribution in [0.25, 0.3) is 0 Å². The molecule has 0 atom stereocenters. The maximum absolute atomic E-state index is 12.2. The second-order valence-electron chi connectivity index (χ2n) is 5.24. The molecule has 1 amide bonds. The number of alkyl halides is 3. The number of hydrogen-bond acceptors (Lipinski definition) is 4. The third-order valence-electron chi connectivity index (χ3n) is 3.32. The van der Waals surface area contributed by atoms with Gasteiger partial charge in [-0.15, -0.1) is 0 Å². The summed E-state index contributed by atoms with van der Waals surface area (Å²) in [6.07, 6.45) is 0.446. The summed E-state index contributed by atoms with van der Waals surface area (Å²) in [5.41, 5.74) is 2.63. The van der Waals surface area contributed by atoms with Gasteiger partial charge in [0.2, 0.25) is 5.91 Å². The van der Waals surface area contributed by atoms with E-state index in [1.165, 1.54) is 18.5 Å². The Hall–Kier alpha value is -1.90. The van der Waals surface area contributed by atoms with Gasteiger partial charge in [-0.05, 0) is 37.9 Å². The molecule has 1 aromatic heterocycles. The van der Waals surface area contributed by atoms with Gasteiger partial charge < -0.3 is 5.32 Å². The van der Waals surface area contributed by atoms with Gasteiger partial charge in [-0.3, -0.25) is 9.48 Å². The van der Waals surface area contributed by atoms with E-state index in [9.17, 15) is 18.0 Å². The molecule has 1 aliphatic rings. The summed E-state index contributed by atoms with van der Waals surface area (Å²) in [7, 11) is 0. The van der Waals surface area contributed by atoms with Crippen molar-refractivity contribution >= 4 is 12.1 Å². The van der Waals surface area contributed by atoms with Gasteiger partial charge in [0.15, 0.2) is 0 Å². The van der Waals surface area contributed by atoms with Crippen molar-refractivity contribution in [2.75, 3.05) is 13.1 Å². The molecule has 0 aliphatic carbocycles. The average Bonchev–Trinajstić information content (AvgIpc) is 2.85. The van der Waals surface area contributed by atoms with Gasteiger partial charge in [-0.25, -0.2) is 5.43 Å². The number of hydrogen-bond donors (Lipinski definition) is 2. The second kappa shape index (κ2) is 7.39. The van der Waals surface area contributed by atoms with Crippen LogP contribution in [0, 0.1) is 5.92 Å². The number of nitrogens with zero attached hydrogens (tertiary/aromatic N) is 3. The molecule has 122 valence electrons. The van der Waals surface area contributed by atoms with Crippen LogP contribution in [0.3, 0.4) is 0 Å². The molecule has 0 saturated carbocycles. The highest BCUT2D eigenvalue weighted by molar-refractivity contribution is 5.80. The van der Waals surface area contributed by atoms with Crippen molar-refractivity contribution in [3.05, 3.63) is 18.0 Å². The third kappa shape index (κ3) is 5.84. The summed E-state index contributed by atoms with van der Waals surface area (Å²) >= 11 is 0. The number of rotatable bonds is 5.